The number of aryl methyl sites for hydroxylation is 1. The Hall–Kier alpha value is -3.53. The summed E-state index contributed by atoms with van der Waals surface area (Å²) in [5.74, 6) is 8.16. The number of dihydropyridines is 1. The monoisotopic (exact) mass is 1090 g/mol. The number of benzene rings is 1. The molecule has 10 heteroatoms. The van der Waals surface area contributed by atoms with Crippen LogP contribution in [0.3, 0.4) is 0 Å². The molecule has 80 heavy (non-hydrogen) atoms. The summed E-state index contributed by atoms with van der Waals surface area (Å²) in [7, 11) is 0. The fourth-order valence-electron chi connectivity index (χ4n) is 24.2. The predicted octanol–water partition coefficient (Wildman–Crippen LogP) is 9.66. The van der Waals surface area contributed by atoms with Crippen LogP contribution in [0.1, 0.15) is 167 Å². The minimum absolute atomic E-state index is 0.0405. The second-order valence-electron chi connectivity index (χ2n) is 30.8. The molecule has 2 saturated heterocycles. The van der Waals surface area contributed by atoms with Gasteiger partial charge in [-0.2, -0.15) is 0 Å². The molecule has 16 rings (SSSR count). The molecule has 15 aliphatic rings. The van der Waals surface area contributed by atoms with E-state index in [2.05, 4.69) is 79.6 Å². The molecule has 0 radical (unpaired) electrons. The second kappa shape index (κ2) is 17.8. The van der Waals surface area contributed by atoms with Crippen molar-refractivity contribution in [2.45, 2.75) is 204 Å². The van der Waals surface area contributed by atoms with Crippen LogP contribution in [0, 0.1) is 97.1 Å². The first-order valence-electron chi connectivity index (χ1n) is 32.1. The zero-order valence-electron chi connectivity index (χ0n) is 48.5. The highest BCUT2D eigenvalue weighted by atomic mass is 16.6. The van der Waals surface area contributed by atoms with Gasteiger partial charge in [-0.15, -0.1) is 0 Å². The molecular weight excluding hydrogens is 997 g/mol. The smallest absolute Gasteiger partial charge is 0.163 e. The third-order valence-electron chi connectivity index (χ3n) is 27.5. The standard InChI is InChI=1S/C70H92N2O8/c1-42-22-31-79-68(34-42,60-59(80-60)63(4,77)61(2,41-74)25-18-43-20-29-72-54(71)32-43)53-33-48-16-17-50-56-55-47(37-62(53,3)70(48,56)78)15-14-46-11-6-5-10-45(46)12-9-13-52-65(28-27-64(39-65)23-7-8-24-64)40-66-26-19-49-51(75)38-69(52,66)67(55,57(49)58(50)76)36-44(35-66)21-30-73/h5-6,10-11,19-20,26,32,35,42,47-49,51-53,55,57,59-60,72-75,77-78H,7-8,12,14-18,21-25,27-31,33-34,36-41,71H2,1-4H3/t42-,47+,48-,49-,51-,52+,53-,55-,57-,59-,60-,61-,62+,63-,65+,66-,67+,68+,69+,70+/m0/s1. The Morgan fingerprint density at radius 2 is 1.77 bits per heavy atom. The zero-order valence-corrected chi connectivity index (χ0v) is 48.5. The van der Waals surface area contributed by atoms with Gasteiger partial charge in [-0.25, -0.2) is 0 Å². The number of carbonyl (C=O) groups is 1. The maximum absolute atomic E-state index is 16.9. The number of rotatable bonds is 10. The van der Waals surface area contributed by atoms with Gasteiger partial charge in [-0.05, 0) is 209 Å². The van der Waals surface area contributed by atoms with E-state index in [1.165, 1.54) is 48.8 Å². The van der Waals surface area contributed by atoms with Crippen LogP contribution in [0.4, 0.5) is 0 Å². The van der Waals surface area contributed by atoms with Gasteiger partial charge >= 0.3 is 0 Å². The van der Waals surface area contributed by atoms with Crippen LogP contribution in [-0.2, 0) is 27.1 Å². The number of aliphatic hydroxyl groups is 5. The number of ketones is 1. The maximum Gasteiger partial charge on any atom is 0.163 e. The minimum atomic E-state index is -1.42. The molecule has 1 aromatic rings. The van der Waals surface area contributed by atoms with E-state index in [0.717, 1.165) is 74.5 Å². The number of fused-ring (bicyclic) bond motifs is 3. The van der Waals surface area contributed by atoms with E-state index < -0.39 is 68.1 Å². The fraction of sp³-hybridized carbons (Fsp3) is 0.729. The summed E-state index contributed by atoms with van der Waals surface area (Å²) in [6, 6.07) is 9.00. The number of nitrogens with two attached hydrogens (primary N) is 1. The summed E-state index contributed by atoms with van der Waals surface area (Å²) in [6.07, 6.45) is 29.3. The Kier molecular flexibility index (Phi) is 11.8. The van der Waals surface area contributed by atoms with E-state index in [1.54, 1.807) is 0 Å². The maximum atomic E-state index is 16.9. The van der Waals surface area contributed by atoms with Gasteiger partial charge in [0.1, 0.15) is 17.8 Å². The Bertz CT molecular complexity index is 3010. The summed E-state index contributed by atoms with van der Waals surface area (Å²) < 4.78 is 14.6. The van der Waals surface area contributed by atoms with Crippen molar-refractivity contribution < 1.29 is 39.8 Å². The van der Waals surface area contributed by atoms with Crippen LogP contribution < -0.4 is 11.1 Å². The van der Waals surface area contributed by atoms with Crippen molar-refractivity contribution in [3.63, 3.8) is 0 Å². The lowest BCUT2D eigenvalue weighted by molar-refractivity contribution is -0.242. The van der Waals surface area contributed by atoms with Crippen LogP contribution in [0.15, 0.2) is 82.8 Å². The summed E-state index contributed by atoms with van der Waals surface area (Å²) in [5, 5.41) is 67.1. The number of aliphatic hydroxyl groups excluding tert-OH is 3. The Labute approximate surface area is 476 Å². The third-order valence-corrected chi connectivity index (χ3v) is 27.5. The van der Waals surface area contributed by atoms with Gasteiger partial charge in [0, 0.05) is 65.6 Å². The van der Waals surface area contributed by atoms with Crippen LogP contribution >= 0.6 is 0 Å². The first-order chi connectivity index (χ1) is 38.3. The SMILES string of the molecule is C[C@H]1CCO[C@]([C@H]2C[C@@H]3CCC4=C5[C@@H]6[C@H](CCc7ccccc7CC#C[C@@H]7[C@@]8(CCC9(CCCC9)C8)C[C@]89C=C[C@@H]%10[C@@H](C4=O)[C@]6(CC(CCO)=C8)[C@]79C[C@@H]%10O)C[C@@]2(C)[C@]53O)([C@H]2O[C@@H]2[C@](C)(O)[C@](C)(CO)CCC2=CCNC(N)=C2)C1. The molecule has 0 aromatic heterocycles. The van der Waals surface area contributed by atoms with Gasteiger partial charge in [-0.1, -0.05) is 99.6 Å². The summed E-state index contributed by atoms with van der Waals surface area (Å²) in [6.45, 7) is 9.62. The highest BCUT2D eigenvalue weighted by molar-refractivity contribution is 6.01. The van der Waals surface area contributed by atoms with E-state index in [4.69, 9.17) is 15.2 Å². The number of carbonyl (C=O) groups excluding carboxylic acids is 1. The van der Waals surface area contributed by atoms with E-state index in [9.17, 15) is 20.4 Å². The van der Waals surface area contributed by atoms with Crippen molar-refractivity contribution in [1.29, 1.82) is 0 Å². The van der Waals surface area contributed by atoms with E-state index >= 15 is 9.90 Å². The van der Waals surface area contributed by atoms with E-state index in [0.29, 0.717) is 81.7 Å². The van der Waals surface area contributed by atoms with Crippen molar-refractivity contribution in [2.75, 3.05) is 26.4 Å². The summed E-state index contributed by atoms with van der Waals surface area (Å²) in [4.78, 5) is 16.9. The minimum Gasteiger partial charge on any atom is -0.396 e. The lowest BCUT2D eigenvalue weighted by Gasteiger charge is -2.74. The summed E-state index contributed by atoms with van der Waals surface area (Å²) >= 11 is 0. The number of epoxide rings is 1. The van der Waals surface area contributed by atoms with Gasteiger partial charge in [0.25, 0.3) is 0 Å². The average molecular weight is 1090 g/mol. The number of Topliss-reactive ketones (excluding diaryl/α,β-unsaturated/α-hetero) is 1. The highest BCUT2D eigenvalue weighted by Gasteiger charge is 2.87. The molecule has 12 aliphatic carbocycles. The quantitative estimate of drug-likeness (QED) is 0.0678. The molecule has 0 unspecified atom stereocenters. The van der Waals surface area contributed by atoms with Crippen molar-refractivity contribution in [2.24, 2.45) is 91.0 Å². The molecule has 4 spiro atoms. The number of hydrogen-bond acceptors (Lipinski definition) is 10. The molecule has 1 aromatic carbocycles. The molecule has 430 valence electrons. The second-order valence-corrected chi connectivity index (χ2v) is 30.8. The number of allylic oxidation sites excluding steroid dienone is 5. The van der Waals surface area contributed by atoms with Gasteiger partial charge in [0.05, 0.1) is 29.7 Å². The lowest BCUT2D eigenvalue weighted by atomic mass is 9.28. The molecule has 0 amide bonds. The van der Waals surface area contributed by atoms with E-state index in [-0.39, 0.29) is 59.9 Å². The largest absolute Gasteiger partial charge is 0.396 e. The Balaban J connectivity index is 0.916. The molecule has 3 heterocycles. The Morgan fingerprint density at radius 3 is 2.55 bits per heavy atom. The predicted molar refractivity (Wildman–Crippen MR) is 307 cm³/mol. The lowest BCUT2D eigenvalue weighted by Crippen LogP contribution is -2.74. The first kappa shape index (κ1) is 53.2. The number of nitrogens with one attached hydrogen (secondary N) is 1. The number of ether oxygens (including phenoxy) is 2. The van der Waals surface area contributed by atoms with Crippen molar-refractivity contribution in [1.82, 2.24) is 5.32 Å². The van der Waals surface area contributed by atoms with Crippen LogP contribution in [0.2, 0.25) is 0 Å². The van der Waals surface area contributed by atoms with Crippen LogP contribution in [0.5, 0.6) is 0 Å². The number of hydrogen-bond donors (Lipinski definition) is 7. The van der Waals surface area contributed by atoms with Gasteiger partial charge in [0.2, 0.25) is 0 Å². The van der Waals surface area contributed by atoms with Crippen LogP contribution in [0.25, 0.3) is 0 Å². The Morgan fingerprint density at radius 1 is 0.963 bits per heavy atom. The van der Waals surface area contributed by atoms with Crippen molar-refractivity contribution >= 4 is 5.78 Å². The third kappa shape index (κ3) is 6.67. The molecule has 10 nitrogen and oxygen atoms in total. The zero-order chi connectivity index (χ0) is 55.3. The first-order valence-corrected chi connectivity index (χ1v) is 32.1. The topological polar surface area (TPSA) is 178 Å². The molecule has 4 bridgehead atoms. The van der Waals surface area contributed by atoms with Crippen molar-refractivity contribution in [3.8, 4) is 11.8 Å². The average Bonchev–Trinajstić information content (AvgIpc) is 1.83. The van der Waals surface area contributed by atoms with Gasteiger partial charge < -0.3 is 46.1 Å². The molecule has 6 saturated carbocycles. The van der Waals surface area contributed by atoms with Gasteiger partial charge in [0.15, 0.2) is 5.78 Å². The molecule has 3 aliphatic heterocycles. The van der Waals surface area contributed by atoms with E-state index in [1.807, 2.05) is 19.9 Å². The molecule has 8 fully saturated rings. The van der Waals surface area contributed by atoms with Crippen molar-refractivity contribution in [3.05, 3.63) is 93.9 Å². The normalized spacial score (nSPS) is 48.2. The van der Waals surface area contributed by atoms with Crippen LogP contribution in [-0.4, -0.2) is 92.8 Å². The molecule has 8 N–H and O–H groups in total. The fourth-order valence-corrected chi connectivity index (χ4v) is 24.2. The summed E-state index contributed by atoms with van der Waals surface area (Å²) in [5.41, 5.74) is 6.30. The molecular formula is C70H92N2O8. The highest BCUT2D eigenvalue weighted by Crippen LogP contribution is 2.89. The molecule has 20 atom stereocenters. The van der Waals surface area contributed by atoms with Gasteiger partial charge in [-0.3, -0.25) is 4.79 Å².